The minimum atomic E-state index is -0.503. The van der Waals surface area contributed by atoms with E-state index in [1.54, 1.807) is 25.1 Å². The largest absolute Gasteiger partial charge is 0.491 e. The van der Waals surface area contributed by atoms with Crippen molar-refractivity contribution >= 4 is 23.4 Å². The molecule has 7 heteroatoms. The lowest BCUT2D eigenvalue weighted by Crippen LogP contribution is -2.53. The van der Waals surface area contributed by atoms with Gasteiger partial charge in [0, 0.05) is 0 Å². The van der Waals surface area contributed by atoms with Crippen molar-refractivity contribution in [1.29, 1.82) is 0 Å². The van der Waals surface area contributed by atoms with Crippen LogP contribution < -0.4 is 15.8 Å². The molecular formula is C13H15N3O4. The van der Waals surface area contributed by atoms with Gasteiger partial charge in [0.25, 0.3) is 5.91 Å². The lowest BCUT2D eigenvalue weighted by Gasteiger charge is -2.26. The van der Waals surface area contributed by atoms with Gasteiger partial charge in [-0.1, -0.05) is 6.07 Å². The average molecular weight is 277 g/mol. The molecule has 0 spiro atoms. The average Bonchev–Trinajstić information content (AvgIpc) is 2.39. The molecule has 0 atom stereocenters. The molecule has 3 N–H and O–H groups in total. The number of carbonyl (C=O) groups is 3. The summed E-state index contributed by atoms with van der Waals surface area (Å²) >= 11 is 0. The Balaban J connectivity index is 2.31. The lowest BCUT2D eigenvalue weighted by atomic mass is 10.1. The van der Waals surface area contributed by atoms with Crippen LogP contribution in [0.4, 0.5) is 5.69 Å². The molecule has 0 unspecified atom stereocenters. The molecule has 106 valence electrons. The number of para-hydroxylation sites is 1. The van der Waals surface area contributed by atoms with Crippen molar-refractivity contribution < 1.29 is 19.1 Å². The summed E-state index contributed by atoms with van der Waals surface area (Å²) in [7, 11) is 0. The summed E-state index contributed by atoms with van der Waals surface area (Å²) < 4.78 is 5.38. The Morgan fingerprint density at radius 3 is 2.60 bits per heavy atom. The van der Waals surface area contributed by atoms with E-state index in [9.17, 15) is 14.4 Å². The summed E-state index contributed by atoms with van der Waals surface area (Å²) in [5, 5.41) is 2.14. The smallest absolute Gasteiger partial charge is 0.258 e. The molecule has 0 aliphatic carbocycles. The Labute approximate surface area is 115 Å². The van der Waals surface area contributed by atoms with E-state index in [0.717, 1.165) is 0 Å². The third kappa shape index (κ3) is 2.71. The number of amides is 3. The highest BCUT2D eigenvalue weighted by atomic mass is 16.5. The van der Waals surface area contributed by atoms with E-state index in [1.165, 1.54) is 4.90 Å². The van der Waals surface area contributed by atoms with Gasteiger partial charge in [-0.05, 0) is 19.1 Å². The number of anilines is 1. The fraction of sp³-hybridized carbons (Fsp3) is 0.308. The molecule has 1 saturated heterocycles. The highest BCUT2D eigenvalue weighted by molar-refractivity contribution is 6.07. The number of nitrogens with zero attached hydrogens (tertiary/aromatic N) is 1. The first kappa shape index (κ1) is 13.9. The number of piperazine rings is 1. The molecule has 1 aromatic carbocycles. The van der Waals surface area contributed by atoms with Crippen LogP contribution in [-0.2, 0) is 9.59 Å². The standard InChI is InChI=1S/C13H15N3O4/c1-2-20-12-8(4-3-5-9(12)14)13(19)16-6-10(17)15-11(18)7-16/h3-5H,2,6-7,14H2,1H3,(H,15,17,18). The normalized spacial score (nSPS) is 14.9. The number of benzene rings is 1. The number of ether oxygens (including phenoxy) is 1. The maximum atomic E-state index is 12.4. The maximum absolute atomic E-state index is 12.4. The zero-order valence-corrected chi connectivity index (χ0v) is 11.0. The number of nitrogen functional groups attached to an aromatic ring is 1. The van der Waals surface area contributed by atoms with Crippen molar-refractivity contribution in [2.24, 2.45) is 0 Å². The zero-order valence-electron chi connectivity index (χ0n) is 11.0. The molecule has 7 nitrogen and oxygen atoms in total. The van der Waals surface area contributed by atoms with Gasteiger partial charge in [0.05, 0.1) is 17.9 Å². The van der Waals surface area contributed by atoms with Crippen LogP contribution in [0, 0.1) is 0 Å². The topological polar surface area (TPSA) is 102 Å². The van der Waals surface area contributed by atoms with E-state index in [-0.39, 0.29) is 24.4 Å². The number of rotatable bonds is 3. The molecule has 1 aliphatic rings. The Hall–Kier alpha value is -2.57. The van der Waals surface area contributed by atoms with Crippen LogP contribution in [0.15, 0.2) is 18.2 Å². The number of hydrogen-bond acceptors (Lipinski definition) is 5. The second-order valence-corrected chi connectivity index (χ2v) is 4.29. The van der Waals surface area contributed by atoms with Gasteiger partial charge < -0.3 is 15.4 Å². The number of nitrogens with two attached hydrogens (primary N) is 1. The maximum Gasteiger partial charge on any atom is 0.258 e. The van der Waals surface area contributed by atoms with E-state index < -0.39 is 17.7 Å². The summed E-state index contributed by atoms with van der Waals surface area (Å²) in [6.07, 6.45) is 0. The molecule has 0 saturated carbocycles. The number of carbonyl (C=O) groups excluding carboxylic acids is 3. The van der Waals surface area contributed by atoms with Crippen LogP contribution >= 0.6 is 0 Å². The van der Waals surface area contributed by atoms with E-state index in [4.69, 9.17) is 10.5 Å². The van der Waals surface area contributed by atoms with Gasteiger partial charge >= 0.3 is 0 Å². The minimum absolute atomic E-state index is 0.162. The van der Waals surface area contributed by atoms with Crippen LogP contribution in [-0.4, -0.2) is 42.3 Å². The van der Waals surface area contributed by atoms with Crippen LogP contribution in [0.5, 0.6) is 5.75 Å². The van der Waals surface area contributed by atoms with Gasteiger partial charge in [0.15, 0.2) is 5.75 Å². The van der Waals surface area contributed by atoms with E-state index in [1.807, 2.05) is 0 Å². The van der Waals surface area contributed by atoms with Crippen molar-refractivity contribution in [3.05, 3.63) is 23.8 Å². The summed E-state index contributed by atoms with van der Waals surface area (Å²) in [4.78, 5) is 36.2. The van der Waals surface area contributed by atoms with E-state index in [0.29, 0.717) is 12.3 Å². The molecule has 2 rings (SSSR count). The summed E-state index contributed by atoms with van der Waals surface area (Å²) in [6.45, 7) is 1.81. The predicted octanol–water partition coefficient (Wildman–Crippen LogP) is -0.234. The molecule has 0 bridgehead atoms. The summed E-state index contributed by atoms with van der Waals surface area (Å²) in [5.41, 5.74) is 6.37. The van der Waals surface area contributed by atoms with Crippen LogP contribution in [0.25, 0.3) is 0 Å². The SMILES string of the molecule is CCOc1c(N)cccc1C(=O)N1CC(=O)NC(=O)C1. The van der Waals surface area contributed by atoms with Gasteiger partial charge in [0.1, 0.15) is 13.1 Å². The molecule has 3 amide bonds. The highest BCUT2D eigenvalue weighted by Crippen LogP contribution is 2.27. The molecule has 1 aliphatic heterocycles. The molecule has 0 aromatic heterocycles. The third-order valence-corrected chi connectivity index (χ3v) is 2.80. The molecular weight excluding hydrogens is 262 g/mol. The fourth-order valence-corrected chi connectivity index (χ4v) is 1.98. The molecule has 20 heavy (non-hydrogen) atoms. The third-order valence-electron chi connectivity index (χ3n) is 2.80. The molecule has 0 radical (unpaired) electrons. The first-order valence-electron chi connectivity index (χ1n) is 6.16. The van der Waals surface area contributed by atoms with Crippen molar-refractivity contribution in [3.8, 4) is 5.75 Å². The van der Waals surface area contributed by atoms with Gasteiger partial charge in [-0.25, -0.2) is 0 Å². The molecule has 1 fully saturated rings. The number of hydrogen-bond donors (Lipinski definition) is 2. The van der Waals surface area contributed by atoms with Crippen LogP contribution in [0.3, 0.4) is 0 Å². The Morgan fingerprint density at radius 2 is 2.00 bits per heavy atom. The van der Waals surface area contributed by atoms with Gasteiger partial charge in [-0.15, -0.1) is 0 Å². The lowest BCUT2D eigenvalue weighted by molar-refractivity contribution is -0.135. The first-order chi connectivity index (χ1) is 9.52. The Morgan fingerprint density at radius 1 is 1.35 bits per heavy atom. The van der Waals surface area contributed by atoms with Gasteiger partial charge in [0.2, 0.25) is 11.8 Å². The van der Waals surface area contributed by atoms with Gasteiger partial charge in [-0.3, -0.25) is 19.7 Å². The fourth-order valence-electron chi connectivity index (χ4n) is 1.98. The Bertz CT molecular complexity index is 555. The summed E-state index contributed by atoms with van der Waals surface area (Å²) in [5.74, 6) is -1.18. The van der Waals surface area contributed by atoms with Crippen molar-refractivity contribution in [3.63, 3.8) is 0 Å². The van der Waals surface area contributed by atoms with Crippen LogP contribution in [0.1, 0.15) is 17.3 Å². The van der Waals surface area contributed by atoms with E-state index >= 15 is 0 Å². The summed E-state index contributed by atoms with van der Waals surface area (Å²) in [6, 6.07) is 4.80. The van der Waals surface area contributed by atoms with Crippen molar-refractivity contribution in [2.45, 2.75) is 6.92 Å². The second-order valence-electron chi connectivity index (χ2n) is 4.29. The van der Waals surface area contributed by atoms with Crippen molar-refractivity contribution in [2.75, 3.05) is 25.4 Å². The molecule has 1 heterocycles. The minimum Gasteiger partial charge on any atom is -0.491 e. The van der Waals surface area contributed by atoms with E-state index in [2.05, 4.69) is 5.32 Å². The quantitative estimate of drug-likeness (QED) is 0.587. The second kappa shape index (κ2) is 5.60. The number of imide groups is 1. The van der Waals surface area contributed by atoms with Crippen LogP contribution in [0.2, 0.25) is 0 Å². The monoisotopic (exact) mass is 277 g/mol. The first-order valence-corrected chi connectivity index (χ1v) is 6.16. The molecule has 1 aromatic rings. The Kier molecular flexibility index (Phi) is 3.88. The van der Waals surface area contributed by atoms with Crippen molar-refractivity contribution in [1.82, 2.24) is 10.2 Å². The zero-order chi connectivity index (χ0) is 14.7. The highest BCUT2D eigenvalue weighted by Gasteiger charge is 2.29. The predicted molar refractivity (Wildman–Crippen MR) is 71.1 cm³/mol. The number of nitrogens with one attached hydrogen (secondary N) is 1. The van der Waals surface area contributed by atoms with Gasteiger partial charge in [-0.2, -0.15) is 0 Å².